The van der Waals surface area contributed by atoms with Crippen LogP contribution in [0.15, 0.2) is 56.8 Å². The maximum absolute atomic E-state index is 13.7. The van der Waals surface area contributed by atoms with Crippen LogP contribution in [0.25, 0.3) is 0 Å². The van der Waals surface area contributed by atoms with E-state index in [1.54, 1.807) is 6.92 Å². The van der Waals surface area contributed by atoms with Gasteiger partial charge in [-0.05, 0) is 63.2 Å². The number of aliphatic hydroxyl groups excluding tert-OH is 1. The number of likely N-dealkylation sites (N-methyl/N-ethyl adjacent to an activating group) is 1. The molecule has 4 rings (SSSR count). The van der Waals surface area contributed by atoms with E-state index in [0.717, 1.165) is 0 Å². The van der Waals surface area contributed by atoms with Gasteiger partial charge in [-0.15, -0.1) is 0 Å². The minimum atomic E-state index is -4.10. The van der Waals surface area contributed by atoms with Gasteiger partial charge in [0.15, 0.2) is 10.7 Å². The van der Waals surface area contributed by atoms with Crippen LogP contribution >= 0.6 is 11.6 Å². The fourth-order valence-corrected chi connectivity index (χ4v) is 7.40. The molecular weight excluding hydrogens is 608 g/mol. The zero-order valence-electron chi connectivity index (χ0n) is 23.7. The van der Waals surface area contributed by atoms with Crippen LogP contribution in [0, 0.1) is 19.8 Å². The molecule has 42 heavy (non-hydrogen) atoms. The van der Waals surface area contributed by atoms with Crippen LogP contribution in [-0.4, -0.2) is 81.1 Å². The highest BCUT2D eigenvalue weighted by Gasteiger charge is 2.36. The summed E-state index contributed by atoms with van der Waals surface area (Å²) in [7, 11) is -6.56. The van der Waals surface area contributed by atoms with Gasteiger partial charge in [-0.3, -0.25) is 9.52 Å². The molecule has 0 fully saturated rings. The third-order valence-corrected chi connectivity index (χ3v) is 10.8. The lowest BCUT2D eigenvalue weighted by Crippen LogP contribution is -2.50. The van der Waals surface area contributed by atoms with Crippen LogP contribution in [0.3, 0.4) is 0 Å². The molecule has 0 spiro atoms. The number of benzene rings is 2. The predicted molar refractivity (Wildman–Crippen MR) is 156 cm³/mol. The van der Waals surface area contributed by atoms with Crippen molar-refractivity contribution < 1.29 is 36.0 Å². The van der Waals surface area contributed by atoms with Gasteiger partial charge < -0.3 is 19.3 Å². The molecule has 0 saturated heterocycles. The lowest BCUT2D eigenvalue weighted by Gasteiger charge is -2.38. The van der Waals surface area contributed by atoms with Gasteiger partial charge in [0.1, 0.15) is 17.5 Å². The fourth-order valence-electron chi connectivity index (χ4n) is 4.71. The molecule has 0 bridgehead atoms. The summed E-state index contributed by atoms with van der Waals surface area (Å²) in [5.74, 6) is -0.568. The van der Waals surface area contributed by atoms with E-state index >= 15 is 0 Å². The lowest BCUT2D eigenvalue weighted by molar-refractivity contribution is 0.0387. The number of sulfonamides is 2. The first-order valence-corrected chi connectivity index (χ1v) is 16.4. The number of halogens is 1. The Morgan fingerprint density at radius 1 is 1.17 bits per heavy atom. The second-order valence-corrected chi connectivity index (χ2v) is 14.4. The standard InChI is InChI=1S/C27H33ClN4O8S2/c1-16-13-32(17(2)15-33)27(34)23-12-21(30-41(35,36)26-18(3)29-40-19(26)4)8-11-24(23)39-25(16)14-31(5)42(37,38)22-9-6-20(28)7-10-22/h6-12,16-17,25,30,33H,13-15H2,1-5H3/t16-,17-,25+/m0/s1. The first-order valence-electron chi connectivity index (χ1n) is 13.1. The Hall–Kier alpha value is -3.17. The van der Waals surface area contributed by atoms with Crippen LogP contribution in [0.2, 0.25) is 5.02 Å². The second-order valence-electron chi connectivity index (χ2n) is 10.3. The van der Waals surface area contributed by atoms with Crippen LogP contribution in [0.4, 0.5) is 5.69 Å². The molecule has 3 atom stereocenters. The van der Waals surface area contributed by atoms with E-state index in [2.05, 4.69) is 9.88 Å². The topological polar surface area (TPSA) is 159 Å². The molecule has 0 unspecified atom stereocenters. The number of hydrogen-bond donors (Lipinski definition) is 2. The monoisotopic (exact) mass is 640 g/mol. The van der Waals surface area contributed by atoms with Crippen molar-refractivity contribution in [3.8, 4) is 5.75 Å². The molecule has 1 aliphatic heterocycles. The van der Waals surface area contributed by atoms with Gasteiger partial charge in [0.25, 0.3) is 15.9 Å². The largest absolute Gasteiger partial charge is 0.488 e. The number of aryl methyl sites for hydroxylation is 2. The average molecular weight is 641 g/mol. The van der Waals surface area contributed by atoms with Gasteiger partial charge in [-0.1, -0.05) is 23.7 Å². The van der Waals surface area contributed by atoms with E-state index in [9.17, 15) is 26.7 Å². The Morgan fingerprint density at radius 2 is 1.83 bits per heavy atom. The summed E-state index contributed by atoms with van der Waals surface area (Å²) in [6.07, 6.45) is -0.706. The van der Waals surface area contributed by atoms with E-state index in [1.165, 1.54) is 72.6 Å². The Bertz CT molecular complexity index is 1660. The molecule has 2 heterocycles. The molecule has 3 aromatic rings. The van der Waals surface area contributed by atoms with Crippen LogP contribution in [0.1, 0.15) is 35.7 Å². The van der Waals surface area contributed by atoms with Gasteiger partial charge in [-0.25, -0.2) is 16.8 Å². The number of fused-ring (bicyclic) bond motifs is 1. The first-order chi connectivity index (χ1) is 19.6. The molecule has 228 valence electrons. The molecule has 2 N–H and O–H groups in total. The Labute approximate surface area is 250 Å². The zero-order valence-corrected chi connectivity index (χ0v) is 26.1. The number of nitrogens with one attached hydrogen (secondary N) is 1. The maximum Gasteiger partial charge on any atom is 0.267 e. The highest BCUT2D eigenvalue weighted by Crippen LogP contribution is 2.32. The number of aliphatic hydroxyl groups is 1. The summed E-state index contributed by atoms with van der Waals surface area (Å²) in [6, 6.07) is 9.49. The van der Waals surface area contributed by atoms with Gasteiger partial charge in [0.05, 0.1) is 29.7 Å². The number of carbonyl (C=O) groups excluding carboxylic acids is 1. The number of hydrogen-bond acceptors (Lipinski definition) is 9. The smallest absolute Gasteiger partial charge is 0.267 e. The van der Waals surface area contributed by atoms with Crippen molar-refractivity contribution in [2.75, 3.05) is 31.5 Å². The maximum atomic E-state index is 13.7. The van der Waals surface area contributed by atoms with Crippen molar-refractivity contribution in [3.63, 3.8) is 0 Å². The van der Waals surface area contributed by atoms with Crippen molar-refractivity contribution in [1.29, 1.82) is 0 Å². The van der Waals surface area contributed by atoms with Crippen molar-refractivity contribution in [3.05, 3.63) is 64.5 Å². The zero-order chi connectivity index (χ0) is 31.0. The molecule has 1 aromatic heterocycles. The summed E-state index contributed by atoms with van der Waals surface area (Å²) < 4.78 is 67.6. The number of rotatable bonds is 9. The number of amides is 1. The van der Waals surface area contributed by atoms with Gasteiger partial charge in [0.2, 0.25) is 10.0 Å². The highest BCUT2D eigenvalue weighted by molar-refractivity contribution is 7.92. The van der Waals surface area contributed by atoms with E-state index in [4.69, 9.17) is 20.9 Å². The molecule has 15 heteroatoms. The fraction of sp³-hybridized carbons (Fsp3) is 0.407. The molecule has 0 radical (unpaired) electrons. The summed E-state index contributed by atoms with van der Waals surface area (Å²) in [6.45, 7) is 6.27. The predicted octanol–water partition coefficient (Wildman–Crippen LogP) is 3.29. The highest BCUT2D eigenvalue weighted by atomic mass is 35.5. The number of nitrogens with zero attached hydrogens (tertiary/aromatic N) is 3. The summed E-state index contributed by atoms with van der Waals surface area (Å²) >= 11 is 5.92. The third-order valence-electron chi connectivity index (χ3n) is 7.11. The average Bonchev–Trinajstić information content (AvgIpc) is 3.28. The number of carbonyl (C=O) groups is 1. The van der Waals surface area contributed by atoms with Crippen LogP contribution < -0.4 is 9.46 Å². The van der Waals surface area contributed by atoms with Crippen molar-refractivity contribution in [2.24, 2.45) is 5.92 Å². The van der Waals surface area contributed by atoms with Gasteiger partial charge in [0, 0.05) is 30.2 Å². The molecular formula is C27H33ClN4O8S2. The molecule has 1 aliphatic rings. The van der Waals surface area contributed by atoms with Crippen molar-refractivity contribution in [1.82, 2.24) is 14.4 Å². The lowest BCUT2D eigenvalue weighted by atomic mass is 9.99. The minimum absolute atomic E-state index is 0.0503. The Balaban J connectivity index is 1.69. The van der Waals surface area contributed by atoms with E-state index in [0.29, 0.717) is 5.02 Å². The molecule has 12 nitrogen and oxygen atoms in total. The van der Waals surface area contributed by atoms with Crippen molar-refractivity contribution >= 4 is 43.2 Å². The molecule has 1 amide bonds. The first kappa shape index (κ1) is 31.8. The van der Waals surface area contributed by atoms with E-state index < -0.39 is 38.1 Å². The second kappa shape index (κ2) is 12.2. The van der Waals surface area contributed by atoms with Gasteiger partial charge >= 0.3 is 0 Å². The summed E-state index contributed by atoms with van der Waals surface area (Å²) in [5, 5.41) is 14.0. The molecule has 0 aliphatic carbocycles. The minimum Gasteiger partial charge on any atom is -0.488 e. The number of aromatic nitrogens is 1. The number of anilines is 1. The van der Waals surface area contributed by atoms with E-state index in [-0.39, 0.29) is 63.9 Å². The molecule has 0 saturated carbocycles. The normalized spacial score (nSPS) is 18.7. The summed E-state index contributed by atoms with van der Waals surface area (Å²) in [4.78, 5) is 15.1. The third kappa shape index (κ3) is 6.42. The quantitative estimate of drug-likeness (QED) is 0.358. The summed E-state index contributed by atoms with van der Waals surface area (Å²) in [5.41, 5.74) is 0.326. The van der Waals surface area contributed by atoms with E-state index in [1.807, 2.05) is 6.92 Å². The molecule has 2 aromatic carbocycles. The SMILES string of the molecule is Cc1noc(C)c1S(=O)(=O)Nc1ccc2c(c1)C(=O)N([C@@H](C)CO)C[C@H](C)[C@@H](CN(C)S(=O)(=O)c1ccc(Cl)cc1)O2. The van der Waals surface area contributed by atoms with Crippen LogP contribution in [-0.2, 0) is 20.0 Å². The Morgan fingerprint density at radius 3 is 2.43 bits per heavy atom. The number of ether oxygens (including phenoxy) is 1. The Kier molecular flexibility index (Phi) is 9.23. The van der Waals surface area contributed by atoms with Crippen LogP contribution in [0.5, 0.6) is 5.75 Å². The van der Waals surface area contributed by atoms with Crippen molar-refractivity contribution in [2.45, 2.75) is 49.6 Å². The van der Waals surface area contributed by atoms with Gasteiger partial charge in [-0.2, -0.15) is 4.31 Å².